The molecule has 0 aromatic rings. The molecule has 5 heteroatoms. The fourth-order valence-corrected chi connectivity index (χ4v) is 4.02. The van der Waals surface area contributed by atoms with Gasteiger partial charge in [0, 0.05) is 32.3 Å². The molecule has 3 aliphatic rings. The van der Waals surface area contributed by atoms with Crippen molar-refractivity contribution in [2.24, 2.45) is 0 Å². The lowest BCUT2D eigenvalue weighted by molar-refractivity contribution is -0.132. The first-order valence-electron chi connectivity index (χ1n) is 9.17. The van der Waals surface area contributed by atoms with Gasteiger partial charge in [-0.25, -0.2) is 0 Å². The van der Waals surface area contributed by atoms with Crippen LogP contribution in [0, 0.1) is 0 Å². The van der Waals surface area contributed by atoms with Crippen molar-refractivity contribution in [1.82, 2.24) is 15.1 Å². The van der Waals surface area contributed by atoms with Crippen LogP contribution in [0.4, 0.5) is 0 Å². The summed E-state index contributed by atoms with van der Waals surface area (Å²) in [6.45, 7) is 6.48. The molecule has 0 aromatic carbocycles. The van der Waals surface area contributed by atoms with E-state index < -0.39 is 0 Å². The molecule has 1 amide bonds. The van der Waals surface area contributed by atoms with Gasteiger partial charge in [0.1, 0.15) is 0 Å². The van der Waals surface area contributed by atoms with Crippen molar-refractivity contribution in [3.8, 4) is 0 Å². The Balaban J connectivity index is 1.39. The molecule has 5 nitrogen and oxygen atoms in total. The maximum atomic E-state index is 12.4. The minimum atomic E-state index is 0.264. The number of nitrogens with one attached hydrogen (secondary N) is 1. The van der Waals surface area contributed by atoms with E-state index in [-0.39, 0.29) is 5.91 Å². The minimum absolute atomic E-state index is 0.264. The van der Waals surface area contributed by atoms with Gasteiger partial charge in [-0.3, -0.25) is 9.69 Å². The second kappa shape index (κ2) is 8.27. The predicted octanol–water partition coefficient (Wildman–Crippen LogP) is 1.23. The van der Waals surface area contributed by atoms with Crippen LogP contribution < -0.4 is 5.32 Å². The van der Waals surface area contributed by atoms with E-state index >= 15 is 0 Å². The van der Waals surface area contributed by atoms with E-state index in [1.54, 1.807) is 0 Å². The van der Waals surface area contributed by atoms with Crippen LogP contribution in [0.2, 0.25) is 0 Å². The largest absolute Gasteiger partial charge is 0.377 e. The molecule has 126 valence electrons. The summed E-state index contributed by atoms with van der Waals surface area (Å²) in [4.78, 5) is 17.1. The van der Waals surface area contributed by atoms with Gasteiger partial charge in [0.25, 0.3) is 0 Å². The predicted molar refractivity (Wildman–Crippen MR) is 86.9 cm³/mol. The van der Waals surface area contributed by atoms with E-state index in [4.69, 9.17) is 4.74 Å². The van der Waals surface area contributed by atoms with Crippen molar-refractivity contribution in [1.29, 1.82) is 0 Å². The number of carbonyl (C=O) groups is 1. The molecule has 0 bridgehead atoms. The van der Waals surface area contributed by atoms with Gasteiger partial charge in [-0.1, -0.05) is 6.42 Å². The summed E-state index contributed by atoms with van der Waals surface area (Å²) in [6, 6.07) is 0.594. The van der Waals surface area contributed by atoms with E-state index in [1.807, 2.05) is 0 Å². The molecular formula is C17H31N3O2. The first kappa shape index (κ1) is 16.2. The van der Waals surface area contributed by atoms with Crippen LogP contribution in [0.25, 0.3) is 0 Å². The van der Waals surface area contributed by atoms with Crippen molar-refractivity contribution < 1.29 is 9.53 Å². The van der Waals surface area contributed by atoms with Gasteiger partial charge in [0.2, 0.25) is 5.91 Å². The van der Waals surface area contributed by atoms with E-state index in [1.165, 1.54) is 38.8 Å². The summed E-state index contributed by atoms with van der Waals surface area (Å²) in [5.41, 5.74) is 0. The molecule has 22 heavy (non-hydrogen) atoms. The Morgan fingerprint density at radius 3 is 2.68 bits per heavy atom. The van der Waals surface area contributed by atoms with Crippen molar-refractivity contribution in [3.63, 3.8) is 0 Å². The highest BCUT2D eigenvalue weighted by Gasteiger charge is 2.28. The molecule has 3 saturated heterocycles. The third kappa shape index (κ3) is 4.43. The molecule has 3 aliphatic heterocycles. The SMILES string of the molecule is O=C(CNC[C@H]1CCCO1)N1CCC[C@@H](N2CCCCC2)C1. The maximum Gasteiger partial charge on any atom is 0.236 e. The Bertz CT molecular complexity index is 352. The Morgan fingerprint density at radius 2 is 1.91 bits per heavy atom. The van der Waals surface area contributed by atoms with E-state index in [0.717, 1.165) is 45.5 Å². The number of piperidine rings is 2. The quantitative estimate of drug-likeness (QED) is 0.830. The van der Waals surface area contributed by atoms with Gasteiger partial charge >= 0.3 is 0 Å². The Morgan fingerprint density at radius 1 is 1.05 bits per heavy atom. The normalized spacial score (nSPS) is 30.6. The van der Waals surface area contributed by atoms with E-state index in [9.17, 15) is 4.79 Å². The molecule has 3 fully saturated rings. The number of likely N-dealkylation sites (tertiary alicyclic amines) is 2. The first-order chi connectivity index (χ1) is 10.8. The lowest BCUT2D eigenvalue weighted by Crippen LogP contribution is -2.52. The second-order valence-electron chi connectivity index (χ2n) is 7.00. The molecule has 3 rings (SSSR count). The van der Waals surface area contributed by atoms with E-state index in [2.05, 4.69) is 15.1 Å². The molecule has 0 unspecified atom stereocenters. The molecule has 0 spiro atoms. The maximum absolute atomic E-state index is 12.4. The summed E-state index contributed by atoms with van der Waals surface area (Å²) in [5, 5.41) is 3.29. The molecular weight excluding hydrogens is 278 g/mol. The van der Waals surface area contributed by atoms with Gasteiger partial charge in [-0.05, 0) is 51.6 Å². The molecule has 1 N–H and O–H groups in total. The lowest BCUT2D eigenvalue weighted by atomic mass is 10.0. The summed E-state index contributed by atoms with van der Waals surface area (Å²) < 4.78 is 5.58. The number of rotatable bonds is 5. The summed E-state index contributed by atoms with van der Waals surface area (Å²) >= 11 is 0. The molecule has 0 radical (unpaired) electrons. The van der Waals surface area contributed by atoms with Gasteiger partial charge in [0.15, 0.2) is 0 Å². The average molecular weight is 309 g/mol. The van der Waals surface area contributed by atoms with Crippen molar-refractivity contribution in [2.75, 3.05) is 45.9 Å². The first-order valence-corrected chi connectivity index (χ1v) is 9.17. The second-order valence-corrected chi connectivity index (χ2v) is 7.00. The van der Waals surface area contributed by atoms with Crippen LogP contribution in [0.5, 0.6) is 0 Å². The smallest absolute Gasteiger partial charge is 0.236 e. The number of ether oxygens (including phenoxy) is 1. The lowest BCUT2D eigenvalue weighted by Gasteiger charge is -2.41. The van der Waals surface area contributed by atoms with Crippen LogP contribution in [-0.4, -0.2) is 73.7 Å². The highest BCUT2D eigenvalue weighted by atomic mass is 16.5. The minimum Gasteiger partial charge on any atom is -0.377 e. The molecule has 0 aromatic heterocycles. The van der Waals surface area contributed by atoms with Gasteiger partial charge in [0.05, 0.1) is 12.6 Å². The zero-order chi connectivity index (χ0) is 15.2. The average Bonchev–Trinajstić information content (AvgIpc) is 3.09. The molecule has 0 aliphatic carbocycles. The van der Waals surface area contributed by atoms with Crippen molar-refractivity contribution in [2.45, 2.75) is 57.1 Å². The molecule has 0 saturated carbocycles. The van der Waals surface area contributed by atoms with Crippen LogP contribution >= 0.6 is 0 Å². The Hall–Kier alpha value is -0.650. The zero-order valence-corrected chi connectivity index (χ0v) is 13.8. The van der Waals surface area contributed by atoms with Crippen LogP contribution in [-0.2, 0) is 9.53 Å². The Kier molecular flexibility index (Phi) is 6.10. The fourth-order valence-electron chi connectivity index (χ4n) is 4.02. The number of amides is 1. The number of nitrogens with zero attached hydrogens (tertiary/aromatic N) is 2. The summed E-state index contributed by atoms with van der Waals surface area (Å²) in [7, 11) is 0. The van der Waals surface area contributed by atoms with Crippen LogP contribution in [0.1, 0.15) is 44.9 Å². The van der Waals surface area contributed by atoms with Crippen molar-refractivity contribution >= 4 is 5.91 Å². The molecule has 3 heterocycles. The number of hydrogen-bond donors (Lipinski definition) is 1. The van der Waals surface area contributed by atoms with Gasteiger partial charge in [-0.15, -0.1) is 0 Å². The number of hydrogen-bond acceptors (Lipinski definition) is 4. The van der Waals surface area contributed by atoms with Crippen LogP contribution in [0.15, 0.2) is 0 Å². The highest BCUT2D eigenvalue weighted by molar-refractivity contribution is 5.78. The topological polar surface area (TPSA) is 44.8 Å². The fraction of sp³-hybridized carbons (Fsp3) is 0.941. The number of carbonyl (C=O) groups excluding carboxylic acids is 1. The van der Waals surface area contributed by atoms with Gasteiger partial charge in [-0.2, -0.15) is 0 Å². The zero-order valence-electron chi connectivity index (χ0n) is 13.8. The van der Waals surface area contributed by atoms with Gasteiger partial charge < -0.3 is 15.0 Å². The van der Waals surface area contributed by atoms with Crippen molar-refractivity contribution in [3.05, 3.63) is 0 Å². The highest BCUT2D eigenvalue weighted by Crippen LogP contribution is 2.20. The summed E-state index contributed by atoms with van der Waals surface area (Å²) in [6.07, 6.45) is 9.03. The summed E-state index contributed by atoms with van der Waals surface area (Å²) in [5.74, 6) is 0.264. The third-order valence-electron chi connectivity index (χ3n) is 5.33. The third-order valence-corrected chi connectivity index (χ3v) is 5.33. The Labute approximate surface area is 134 Å². The monoisotopic (exact) mass is 309 g/mol. The van der Waals surface area contributed by atoms with Crippen LogP contribution in [0.3, 0.4) is 0 Å². The van der Waals surface area contributed by atoms with E-state index in [0.29, 0.717) is 18.7 Å². The standard InChI is InChI=1S/C17H31N3O2/c21-17(13-18-12-16-7-5-11-22-16)20-10-4-6-15(14-20)19-8-2-1-3-9-19/h15-16,18H,1-14H2/t15-,16-/m1/s1. The molecule has 2 atom stereocenters.